The van der Waals surface area contributed by atoms with Crippen LogP contribution in [0.2, 0.25) is 0 Å². The molecule has 1 aromatic rings. The molecule has 1 saturated heterocycles. The van der Waals surface area contributed by atoms with E-state index in [1.165, 1.54) is 5.56 Å². The Labute approximate surface area is 126 Å². The van der Waals surface area contributed by atoms with Crippen LogP contribution in [-0.4, -0.2) is 29.6 Å². The van der Waals surface area contributed by atoms with Crippen molar-refractivity contribution in [3.05, 3.63) is 48.0 Å². The Hall–Kier alpha value is -1.61. The lowest BCUT2D eigenvalue weighted by Crippen LogP contribution is -2.57. The van der Waals surface area contributed by atoms with Crippen LogP contribution in [0.4, 0.5) is 0 Å². The standard InChI is InChI=1S/C18H23NO2/c1-3-21-18(20)17-15-9-11-16(12-10-15)19(17)13(2)14-7-5-4-6-8-14/h4-9,11,13,15-17H,3,10,12H2,1-2H3/t13-,15+,16-,17-/m1/s1. The van der Waals surface area contributed by atoms with Crippen molar-refractivity contribution in [2.24, 2.45) is 5.92 Å². The highest BCUT2D eigenvalue weighted by Crippen LogP contribution is 2.40. The van der Waals surface area contributed by atoms with Gasteiger partial charge in [-0.05, 0) is 32.3 Å². The van der Waals surface area contributed by atoms with Crippen molar-refractivity contribution in [1.29, 1.82) is 0 Å². The Bertz CT molecular complexity index is 525. The third kappa shape index (κ3) is 2.62. The van der Waals surface area contributed by atoms with Crippen molar-refractivity contribution in [3.8, 4) is 0 Å². The zero-order valence-corrected chi connectivity index (χ0v) is 12.7. The maximum Gasteiger partial charge on any atom is 0.323 e. The summed E-state index contributed by atoms with van der Waals surface area (Å²) in [6, 6.07) is 10.9. The van der Waals surface area contributed by atoms with Gasteiger partial charge in [-0.2, -0.15) is 0 Å². The van der Waals surface area contributed by atoms with Gasteiger partial charge >= 0.3 is 5.97 Å². The molecular formula is C18H23NO2. The van der Waals surface area contributed by atoms with Crippen LogP contribution in [0.15, 0.2) is 42.5 Å². The Kier molecular flexibility index (Phi) is 4.11. The highest BCUT2D eigenvalue weighted by molar-refractivity contribution is 5.77. The molecule has 3 heteroatoms. The number of rotatable bonds is 4. The summed E-state index contributed by atoms with van der Waals surface area (Å²) in [4.78, 5) is 14.8. The number of hydrogen-bond donors (Lipinski definition) is 0. The summed E-state index contributed by atoms with van der Waals surface area (Å²) in [6.07, 6.45) is 6.70. The molecule has 1 aromatic carbocycles. The summed E-state index contributed by atoms with van der Waals surface area (Å²) >= 11 is 0. The molecular weight excluding hydrogens is 262 g/mol. The molecule has 1 aliphatic carbocycles. The number of carbonyl (C=O) groups excluding carboxylic acids is 1. The van der Waals surface area contributed by atoms with E-state index in [9.17, 15) is 4.79 Å². The predicted molar refractivity (Wildman–Crippen MR) is 82.8 cm³/mol. The normalized spacial score (nSPS) is 29.3. The average molecular weight is 285 g/mol. The molecule has 0 spiro atoms. The minimum absolute atomic E-state index is 0.0701. The van der Waals surface area contributed by atoms with Crippen molar-refractivity contribution >= 4 is 5.97 Å². The summed E-state index contributed by atoms with van der Waals surface area (Å²) < 4.78 is 5.34. The zero-order valence-electron chi connectivity index (χ0n) is 12.7. The molecule has 0 N–H and O–H groups in total. The lowest BCUT2D eigenvalue weighted by molar-refractivity contribution is -0.156. The van der Waals surface area contributed by atoms with E-state index in [2.05, 4.69) is 48.2 Å². The summed E-state index contributed by atoms with van der Waals surface area (Å²) in [7, 11) is 0. The Balaban J connectivity index is 1.90. The van der Waals surface area contributed by atoms with Crippen LogP contribution in [0.25, 0.3) is 0 Å². The maximum atomic E-state index is 12.4. The SMILES string of the molecule is CCOC(=O)[C@H]1[C@H]2C=C[C@H](CC2)N1[C@H](C)c1ccccc1. The van der Waals surface area contributed by atoms with Gasteiger partial charge in [-0.25, -0.2) is 0 Å². The molecule has 0 aromatic heterocycles. The fourth-order valence-electron chi connectivity index (χ4n) is 3.72. The second kappa shape index (κ2) is 6.02. The van der Waals surface area contributed by atoms with E-state index in [1.54, 1.807) is 0 Å². The van der Waals surface area contributed by atoms with Crippen LogP contribution in [0.1, 0.15) is 38.3 Å². The Morgan fingerprint density at radius 3 is 2.67 bits per heavy atom. The van der Waals surface area contributed by atoms with Crippen molar-refractivity contribution in [3.63, 3.8) is 0 Å². The highest BCUT2D eigenvalue weighted by Gasteiger charge is 2.45. The zero-order chi connectivity index (χ0) is 14.8. The number of ether oxygens (including phenoxy) is 1. The van der Waals surface area contributed by atoms with Gasteiger partial charge in [-0.1, -0.05) is 42.5 Å². The van der Waals surface area contributed by atoms with Gasteiger partial charge in [-0.15, -0.1) is 0 Å². The lowest BCUT2D eigenvalue weighted by atomic mass is 9.78. The third-order valence-electron chi connectivity index (χ3n) is 4.74. The molecule has 3 nitrogen and oxygen atoms in total. The molecule has 2 heterocycles. The fourth-order valence-corrected chi connectivity index (χ4v) is 3.72. The van der Waals surface area contributed by atoms with Crippen LogP contribution in [0.3, 0.4) is 0 Å². The van der Waals surface area contributed by atoms with Gasteiger partial charge < -0.3 is 4.74 Å². The van der Waals surface area contributed by atoms with Crippen LogP contribution in [0.5, 0.6) is 0 Å². The highest BCUT2D eigenvalue weighted by atomic mass is 16.5. The predicted octanol–water partition coefficient (Wildman–Crippen LogP) is 3.33. The fraction of sp³-hybridized carbons (Fsp3) is 0.500. The van der Waals surface area contributed by atoms with Gasteiger partial charge in [0.15, 0.2) is 0 Å². The first kappa shape index (κ1) is 14.3. The first-order valence-corrected chi connectivity index (χ1v) is 7.89. The molecule has 112 valence electrons. The van der Waals surface area contributed by atoms with E-state index >= 15 is 0 Å². The second-order valence-corrected chi connectivity index (χ2v) is 5.92. The number of esters is 1. The molecule has 0 radical (unpaired) electrons. The van der Waals surface area contributed by atoms with Crippen molar-refractivity contribution in [2.45, 2.75) is 44.8 Å². The molecule has 0 saturated carbocycles. The van der Waals surface area contributed by atoms with Gasteiger partial charge in [-0.3, -0.25) is 9.69 Å². The number of piperidine rings is 1. The number of nitrogens with zero attached hydrogens (tertiary/aromatic N) is 1. The van der Waals surface area contributed by atoms with Gasteiger partial charge in [0.25, 0.3) is 0 Å². The van der Waals surface area contributed by atoms with E-state index < -0.39 is 0 Å². The molecule has 4 rings (SSSR count). The molecule has 21 heavy (non-hydrogen) atoms. The molecule has 0 amide bonds. The molecule has 4 atom stereocenters. The van der Waals surface area contributed by atoms with Crippen molar-refractivity contribution in [1.82, 2.24) is 4.90 Å². The minimum Gasteiger partial charge on any atom is -0.465 e. The van der Waals surface area contributed by atoms with Crippen molar-refractivity contribution in [2.75, 3.05) is 6.61 Å². The summed E-state index contributed by atoms with van der Waals surface area (Å²) in [5, 5.41) is 0. The first-order valence-electron chi connectivity index (χ1n) is 7.89. The van der Waals surface area contributed by atoms with Gasteiger partial charge in [0, 0.05) is 18.0 Å². The minimum atomic E-state index is -0.135. The van der Waals surface area contributed by atoms with E-state index in [4.69, 9.17) is 4.74 Å². The van der Waals surface area contributed by atoms with E-state index in [-0.39, 0.29) is 18.1 Å². The topological polar surface area (TPSA) is 29.5 Å². The Morgan fingerprint density at radius 2 is 2.05 bits per heavy atom. The number of benzene rings is 1. The second-order valence-electron chi connectivity index (χ2n) is 5.92. The van der Waals surface area contributed by atoms with Crippen LogP contribution >= 0.6 is 0 Å². The largest absolute Gasteiger partial charge is 0.465 e. The summed E-state index contributed by atoms with van der Waals surface area (Å²) in [5.41, 5.74) is 1.26. The average Bonchev–Trinajstić information content (AvgIpc) is 2.55. The molecule has 0 unspecified atom stereocenters. The third-order valence-corrected chi connectivity index (χ3v) is 4.74. The quantitative estimate of drug-likeness (QED) is 0.628. The number of carbonyl (C=O) groups is 1. The molecule has 1 fully saturated rings. The van der Waals surface area contributed by atoms with E-state index in [0.717, 1.165) is 12.8 Å². The summed E-state index contributed by atoms with van der Waals surface area (Å²) in [5.74, 6) is 0.222. The molecule has 3 aliphatic rings. The Morgan fingerprint density at radius 1 is 1.29 bits per heavy atom. The number of hydrogen-bond acceptors (Lipinski definition) is 3. The monoisotopic (exact) mass is 285 g/mol. The van der Waals surface area contributed by atoms with E-state index in [1.807, 2.05) is 13.0 Å². The van der Waals surface area contributed by atoms with Gasteiger partial charge in [0.2, 0.25) is 0 Å². The lowest BCUT2D eigenvalue weighted by Gasteiger charge is -2.49. The first-order chi connectivity index (χ1) is 10.2. The summed E-state index contributed by atoms with van der Waals surface area (Å²) in [6.45, 7) is 4.51. The number of fused-ring (bicyclic) bond motifs is 2. The van der Waals surface area contributed by atoms with Crippen LogP contribution < -0.4 is 0 Å². The van der Waals surface area contributed by atoms with E-state index in [0.29, 0.717) is 18.6 Å². The van der Waals surface area contributed by atoms with Crippen LogP contribution in [-0.2, 0) is 9.53 Å². The van der Waals surface area contributed by atoms with Crippen molar-refractivity contribution < 1.29 is 9.53 Å². The van der Waals surface area contributed by atoms with Crippen LogP contribution in [0, 0.1) is 5.92 Å². The molecule has 2 aliphatic heterocycles. The maximum absolute atomic E-state index is 12.4. The molecule has 2 bridgehead atoms. The smallest absolute Gasteiger partial charge is 0.323 e. The van der Waals surface area contributed by atoms with Gasteiger partial charge in [0.05, 0.1) is 6.61 Å². The van der Waals surface area contributed by atoms with Gasteiger partial charge in [0.1, 0.15) is 6.04 Å².